The molecule has 0 atom stereocenters. The molecular weight excluding hydrogens is 370 g/mol. The van der Waals surface area contributed by atoms with Crippen molar-refractivity contribution in [2.24, 2.45) is 5.92 Å². The number of rotatable bonds is 6. The summed E-state index contributed by atoms with van der Waals surface area (Å²) in [5, 5.41) is 3.04. The number of anilines is 1. The monoisotopic (exact) mass is 395 g/mol. The maximum absolute atomic E-state index is 12.7. The lowest BCUT2D eigenvalue weighted by Gasteiger charge is -2.31. The van der Waals surface area contributed by atoms with Crippen molar-refractivity contribution in [1.82, 2.24) is 10.3 Å². The molecule has 2 aromatic carbocycles. The molecule has 0 aliphatic carbocycles. The fraction of sp³-hybridized carbons (Fsp3) is 0.364. The van der Waals surface area contributed by atoms with Crippen LogP contribution < -0.4 is 19.7 Å². The molecule has 0 radical (unpaired) electrons. The summed E-state index contributed by atoms with van der Waals surface area (Å²) in [6, 6.07) is 13.8. The van der Waals surface area contributed by atoms with Crippen LogP contribution in [0.4, 0.5) is 6.01 Å². The van der Waals surface area contributed by atoms with E-state index in [0.29, 0.717) is 35.5 Å². The molecule has 1 N–H and O–H groups in total. The number of para-hydroxylation sites is 2. The summed E-state index contributed by atoms with van der Waals surface area (Å²) < 4.78 is 16.5. The van der Waals surface area contributed by atoms with Gasteiger partial charge in [-0.05, 0) is 43.0 Å². The molecule has 0 unspecified atom stereocenters. The van der Waals surface area contributed by atoms with Gasteiger partial charge in [-0.3, -0.25) is 4.79 Å². The summed E-state index contributed by atoms with van der Waals surface area (Å²) in [6.45, 7) is 2.32. The number of carbonyl (C=O) groups is 1. The molecule has 0 spiro atoms. The number of hydrogen-bond donors (Lipinski definition) is 1. The Morgan fingerprint density at radius 3 is 2.45 bits per heavy atom. The van der Waals surface area contributed by atoms with Gasteiger partial charge < -0.3 is 24.1 Å². The summed E-state index contributed by atoms with van der Waals surface area (Å²) in [5.41, 5.74) is 2.12. The molecule has 3 aromatic rings. The van der Waals surface area contributed by atoms with Gasteiger partial charge in [-0.25, -0.2) is 0 Å². The number of ether oxygens (including phenoxy) is 2. The zero-order valence-corrected chi connectivity index (χ0v) is 16.7. The summed E-state index contributed by atoms with van der Waals surface area (Å²) >= 11 is 0. The molecule has 0 saturated carbocycles. The Balaban J connectivity index is 1.34. The minimum atomic E-state index is -0.180. The fourth-order valence-corrected chi connectivity index (χ4v) is 3.72. The predicted molar refractivity (Wildman–Crippen MR) is 111 cm³/mol. The average molecular weight is 395 g/mol. The molecule has 1 aliphatic rings. The van der Waals surface area contributed by atoms with Gasteiger partial charge in [-0.15, -0.1) is 0 Å². The molecule has 7 heteroatoms. The number of nitrogens with zero attached hydrogens (tertiary/aromatic N) is 2. The molecule has 4 rings (SSSR count). The van der Waals surface area contributed by atoms with Crippen LogP contribution in [-0.2, 0) is 0 Å². The van der Waals surface area contributed by atoms with Gasteiger partial charge in [-0.2, -0.15) is 4.98 Å². The highest BCUT2D eigenvalue weighted by Crippen LogP contribution is 2.29. The first-order valence-electron chi connectivity index (χ1n) is 9.79. The summed E-state index contributed by atoms with van der Waals surface area (Å²) in [4.78, 5) is 19.5. The summed E-state index contributed by atoms with van der Waals surface area (Å²) in [6.07, 6.45) is 1.92. The third kappa shape index (κ3) is 3.99. The Labute approximate surface area is 169 Å². The first kappa shape index (κ1) is 19.1. The van der Waals surface area contributed by atoms with Crippen molar-refractivity contribution in [1.29, 1.82) is 0 Å². The van der Waals surface area contributed by atoms with Gasteiger partial charge in [0.05, 0.1) is 14.2 Å². The number of carbonyl (C=O) groups excluding carboxylic acids is 1. The number of benzene rings is 2. The lowest BCUT2D eigenvalue weighted by atomic mass is 9.97. The molecule has 7 nitrogen and oxygen atoms in total. The Morgan fingerprint density at radius 2 is 1.79 bits per heavy atom. The van der Waals surface area contributed by atoms with E-state index in [1.165, 1.54) is 0 Å². The normalized spacial score (nSPS) is 14.8. The van der Waals surface area contributed by atoms with Gasteiger partial charge in [0.1, 0.15) is 22.6 Å². The second-order valence-corrected chi connectivity index (χ2v) is 7.14. The lowest BCUT2D eigenvalue weighted by Crippen LogP contribution is -2.39. The lowest BCUT2D eigenvalue weighted by molar-refractivity contribution is 0.0938. The quantitative estimate of drug-likeness (QED) is 0.689. The summed E-state index contributed by atoms with van der Waals surface area (Å²) in [5.74, 6) is 1.24. The molecule has 152 valence electrons. The van der Waals surface area contributed by atoms with E-state index in [2.05, 4.69) is 15.2 Å². The van der Waals surface area contributed by atoms with Gasteiger partial charge in [0.25, 0.3) is 11.9 Å². The van der Waals surface area contributed by atoms with E-state index in [9.17, 15) is 4.79 Å². The van der Waals surface area contributed by atoms with Crippen molar-refractivity contribution in [3.8, 4) is 11.5 Å². The zero-order valence-electron chi connectivity index (χ0n) is 16.7. The van der Waals surface area contributed by atoms with Crippen LogP contribution >= 0.6 is 0 Å². The molecule has 1 aliphatic heterocycles. The highest BCUT2D eigenvalue weighted by atomic mass is 16.5. The van der Waals surface area contributed by atoms with E-state index in [1.54, 1.807) is 32.4 Å². The number of nitrogens with one attached hydrogen (secondary N) is 1. The third-order valence-electron chi connectivity index (χ3n) is 5.37. The van der Waals surface area contributed by atoms with Crippen LogP contribution in [0.15, 0.2) is 46.9 Å². The number of hydrogen-bond acceptors (Lipinski definition) is 6. The molecule has 0 bridgehead atoms. The van der Waals surface area contributed by atoms with Crippen LogP contribution in [0, 0.1) is 5.92 Å². The number of amides is 1. The van der Waals surface area contributed by atoms with Gasteiger partial charge in [-0.1, -0.05) is 18.2 Å². The van der Waals surface area contributed by atoms with Crippen molar-refractivity contribution >= 4 is 23.0 Å². The van der Waals surface area contributed by atoms with Crippen LogP contribution in [0.25, 0.3) is 11.1 Å². The average Bonchev–Trinajstić information content (AvgIpc) is 3.21. The number of fused-ring (bicyclic) bond motifs is 1. The largest absolute Gasteiger partial charge is 0.496 e. The molecular formula is C22H25N3O4. The fourth-order valence-electron chi connectivity index (χ4n) is 3.72. The third-order valence-corrected chi connectivity index (χ3v) is 5.37. The first-order chi connectivity index (χ1) is 14.2. The first-order valence-corrected chi connectivity index (χ1v) is 9.79. The van der Waals surface area contributed by atoms with Crippen LogP contribution in [0.2, 0.25) is 0 Å². The highest BCUT2D eigenvalue weighted by Gasteiger charge is 2.24. The minimum Gasteiger partial charge on any atom is -0.496 e. The van der Waals surface area contributed by atoms with Crippen molar-refractivity contribution in [2.75, 3.05) is 38.8 Å². The highest BCUT2D eigenvalue weighted by molar-refractivity contribution is 5.99. The topological polar surface area (TPSA) is 76.8 Å². The van der Waals surface area contributed by atoms with Crippen molar-refractivity contribution in [2.45, 2.75) is 12.8 Å². The molecule has 2 heterocycles. The Kier molecular flexibility index (Phi) is 5.55. The van der Waals surface area contributed by atoms with Gasteiger partial charge in [0.15, 0.2) is 5.58 Å². The Bertz CT molecular complexity index is 937. The second-order valence-electron chi connectivity index (χ2n) is 7.14. The van der Waals surface area contributed by atoms with Crippen molar-refractivity contribution in [3.05, 3.63) is 48.0 Å². The van der Waals surface area contributed by atoms with E-state index in [-0.39, 0.29) is 5.91 Å². The van der Waals surface area contributed by atoms with E-state index < -0.39 is 0 Å². The smallest absolute Gasteiger partial charge is 0.298 e. The standard InChI is InChI=1S/C22H25N3O4/c1-27-18-8-5-9-19(28-2)20(18)21(26)23-14-15-10-12-25(13-11-15)22-24-16-6-3-4-7-17(16)29-22/h3-9,15H,10-14H2,1-2H3,(H,23,26). The van der Waals surface area contributed by atoms with Gasteiger partial charge >= 0.3 is 0 Å². The number of aromatic nitrogens is 1. The maximum atomic E-state index is 12.7. The second kappa shape index (κ2) is 8.43. The van der Waals surface area contributed by atoms with E-state index in [1.807, 2.05) is 24.3 Å². The Morgan fingerprint density at radius 1 is 1.10 bits per heavy atom. The Hall–Kier alpha value is -3.22. The van der Waals surface area contributed by atoms with Crippen LogP contribution in [0.1, 0.15) is 23.2 Å². The molecule has 1 fully saturated rings. The minimum absolute atomic E-state index is 0.180. The molecule has 1 saturated heterocycles. The van der Waals surface area contributed by atoms with Gasteiger partial charge in [0, 0.05) is 19.6 Å². The van der Waals surface area contributed by atoms with Crippen molar-refractivity contribution < 1.29 is 18.7 Å². The van der Waals surface area contributed by atoms with E-state index in [4.69, 9.17) is 13.9 Å². The predicted octanol–water partition coefficient (Wildman–Crippen LogP) is 3.49. The van der Waals surface area contributed by atoms with E-state index >= 15 is 0 Å². The molecule has 1 amide bonds. The van der Waals surface area contributed by atoms with Gasteiger partial charge in [0.2, 0.25) is 0 Å². The number of oxazole rings is 1. The molecule has 1 aromatic heterocycles. The van der Waals surface area contributed by atoms with E-state index in [0.717, 1.165) is 37.0 Å². The van der Waals surface area contributed by atoms with Crippen molar-refractivity contribution in [3.63, 3.8) is 0 Å². The number of piperidine rings is 1. The SMILES string of the molecule is COc1cccc(OC)c1C(=O)NCC1CCN(c2nc3ccccc3o2)CC1. The molecule has 29 heavy (non-hydrogen) atoms. The maximum Gasteiger partial charge on any atom is 0.298 e. The zero-order chi connectivity index (χ0) is 20.2. The summed E-state index contributed by atoms with van der Waals surface area (Å²) in [7, 11) is 3.10. The van der Waals surface area contributed by atoms with Crippen LogP contribution in [0.5, 0.6) is 11.5 Å². The number of methoxy groups -OCH3 is 2. The van der Waals surface area contributed by atoms with Crippen LogP contribution in [-0.4, -0.2) is 44.7 Å². The van der Waals surface area contributed by atoms with Crippen LogP contribution in [0.3, 0.4) is 0 Å².